The number of sulfonamides is 1. The van der Waals surface area contributed by atoms with Gasteiger partial charge in [-0.05, 0) is 46.5 Å². The van der Waals surface area contributed by atoms with E-state index in [0.717, 1.165) is 21.8 Å². The van der Waals surface area contributed by atoms with Crippen LogP contribution in [0, 0.1) is 5.92 Å². The van der Waals surface area contributed by atoms with Gasteiger partial charge in [-0.25, -0.2) is 8.42 Å². The van der Waals surface area contributed by atoms with E-state index >= 15 is 0 Å². The minimum absolute atomic E-state index is 0.00983. The Kier molecular flexibility index (Phi) is 6.53. The molecule has 0 aliphatic carbocycles. The lowest BCUT2D eigenvalue weighted by molar-refractivity contribution is -0.121. The molecule has 1 amide bonds. The van der Waals surface area contributed by atoms with Gasteiger partial charge in [0.25, 0.3) is 10.0 Å². The summed E-state index contributed by atoms with van der Waals surface area (Å²) in [5.74, 6) is 0.232. The summed E-state index contributed by atoms with van der Waals surface area (Å²) in [5.41, 5.74) is 1.29. The Morgan fingerprint density at radius 3 is 2.25 bits per heavy atom. The van der Waals surface area contributed by atoms with E-state index in [1.54, 1.807) is 53.1 Å². The molecular weight excluding hydrogens is 412 g/mol. The van der Waals surface area contributed by atoms with Crippen molar-refractivity contribution < 1.29 is 13.2 Å². The van der Waals surface area contributed by atoms with Gasteiger partial charge in [0.2, 0.25) is 5.91 Å². The largest absolute Gasteiger partial charge is 0.348 e. The molecule has 0 aliphatic heterocycles. The molecule has 2 heterocycles. The summed E-state index contributed by atoms with van der Waals surface area (Å²) in [6, 6.07) is 14.1. The lowest BCUT2D eigenvalue weighted by Gasteiger charge is -2.21. The van der Waals surface area contributed by atoms with Gasteiger partial charge in [0.1, 0.15) is 4.21 Å². The number of hydrogen-bond acceptors (Lipinski definition) is 5. The molecule has 148 valence electrons. The predicted octanol–water partition coefficient (Wildman–Crippen LogP) is 4.67. The standard InChI is InChI=1S/C20H22N2O3S3/c1-14(2)20(17-5-3-11-26-17)21-18(23)13-15-7-9-16(10-8-15)22-28(24,25)19-6-4-12-27-19/h3-12,14,20,22H,13H2,1-2H3,(H,21,23). The lowest BCUT2D eigenvalue weighted by Crippen LogP contribution is -2.32. The van der Waals surface area contributed by atoms with Crippen LogP contribution in [0.15, 0.2) is 63.5 Å². The van der Waals surface area contributed by atoms with Crippen molar-refractivity contribution in [2.75, 3.05) is 4.72 Å². The van der Waals surface area contributed by atoms with E-state index in [0.29, 0.717) is 5.69 Å². The van der Waals surface area contributed by atoms with Gasteiger partial charge < -0.3 is 5.32 Å². The van der Waals surface area contributed by atoms with Crippen LogP contribution < -0.4 is 10.0 Å². The van der Waals surface area contributed by atoms with E-state index in [-0.39, 0.29) is 28.5 Å². The molecule has 3 rings (SSSR count). The van der Waals surface area contributed by atoms with E-state index < -0.39 is 10.0 Å². The highest BCUT2D eigenvalue weighted by molar-refractivity contribution is 7.94. The van der Waals surface area contributed by atoms with Crippen LogP contribution in [-0.2, 0) is 21.2 Å². The minimum Gasteiger partial charge on any atom is -0.348 e. The Hall–Kier alpha value is -2.16. The molecule has 0 saturated heterocycles. The number of nitrogens with one attached hydrogen (secondary N) is 2. The zero-order valence-electron chi connectivity index (χ0n) is 15.6. The van der Waals surface area contributed by atoms with E-state index in [1.165, 1.54) is 0 Å². The van der Waals surface area contributed by atoms with Gasteiger partial charge in [0, 0.05) is 10.6 Å². The van der Waals surface area contributed by atoms with Crippen LogP contribution in [0.4, 0.5) is 5.69 Å². The molecule has 0 spiro atoms. The maximum Gasteiger partial charge on any atom is 0.271 e. The quantitative estimate of drug-likeness (QED) is 0.541. The first-order chi connectivity index (χ1) is 13.3. The fourth-order valence-electron chi connectivity index (χ4n) is 2.76. The molecule has 5 nitrogen and oxygen atoms in total. The third-order valence-corrected chi connectivity index (χ3v) is 7.90. The molecule has 3 aromatic rings. The number of amides is 1. The van der Waals surface area contributed by atoms with Crippen molar-refractivity contribution in [1.29, 1.82) is 0 Å². The number of carbonyl (C=O) groups is 1. The number of carbonyl (C=O) groups excluding carboxylic acids is 1. The number of thiophene rings is 2. The van der Waals surface area contributed by atoms with E-state index in [9.17, 15) is 13.2 Å². The Morgan fingerprint density at radius 1 is 1.00 bits per heavy atom. The molecule has 0 fully saturated rings. The van der Waals surface area contributed by atoms with Crippen LogP contribution in [0.2, 0.25) is 0 Å². The zero-order valence-corrected chi connectivity index (χ0v) is 18.0. The van der Waals surface area contributed by atoms with Gasteiger partial charge in [0.15, 0.2) is 0 Å². The molecule has 0 bridgehead atoms. The summed E-state index contributed by atoms with van der Waals surface area (Å²) in [5, 5.41) is 6.83. The smallest absolute Gasteiger partial charge is 0.271 e. The van der Waals surface area contributed by atoms with Crippen molar-refractivity contribution in [2.24, 2.45) is 5.92 Å². The van der Waals surface area contributed by atoms with Gasteiger partial charge in [-0.1, -0.05) is 38.1 Å². The third-order valence-electron chi connectivity index (χ3n) is 4.16. The number of hydrogen-bond donors (Lipinski definition) is 2. The molecule has 2 aromatic heterocycles. The highest BCUT2D eigenvalue weighted by Crippen LogP contribution is 2.26. The fourth-order valence-corrected chi connectivity index (χ4v) is 5.76. The van der Waals surface area contributed by atoms with Gasteiger partial charge in [-0.3, -0.25) is 9.52 Å². The molecular formula is C20H22N2O3S3. The van der Waals surface area contributed by atoms with Crippen molar-refractivity contribution in [3.8, 4) is 0 Å². The summed E-state index contributed by atoms with van der Waals surface area (Å²) in [7, 11) is -3.57. The van der Waals surface area contributed by atoms with Gasteiger partial charge in [-0.15, -0.1) is 22.7 Å². The van der Waals surface area contributed by atoms with Crippen molar-refractivity contribution >= 4 is 44.3 Å². The van der Waals surface area contributed by atoms with Crippen molar-refractivity contribution in [3.63, 3.8) is 0 Å². The van der Waals surface area contributed by atoms with Crippen molar-refractivity contribution in [2.45, 2.75) is 30.5 Å². The number of benzene rings is 1. The average Bonchev–Trinajstić information content (AvgIpc) is 3.35. The van der Waals surface area contributed by atoms with Crippen LogP contribution in [0.1, 0.15) is 30.3 Å². The van der Waals surface area contributed by atoms with E-state index in [4.69, 9.17) is 0 Å². The molecule has 1 aromatic carbocycles. The molecule has 2 N–H and O–H groups in total. The maximum absolute atomic E-state index is 12.5. The zero-order chi connectivity index (χ0) is 20.1. The van der Waals surface area contributed by atoms with Crippen molar-refractivity contribution in [3.05, 3.63) is 69.7 Å². The summed E-state index contributed by atoms with van der Waals surface area (Å²) in [6.07, 6.45) is 0.243. The fraction of sp³-hybridized carbons (Fsp3) is 0.250. The van der Waals surface area contributed by atoms with Crippen LogP contribution in [-0.4, -0.2) is 14.3 Å². The second kappa shape index (κ2) is 8.89. The molecule has 0 saturated carbocycles. The predicted molar refractivity (Wildman–Crippen MR) is 115 cm³/mol. The van der Waals surface area contributed by atoms with Gasteiger partial charge >= 0.3 is 0 Å². The lowest BCUT2D eigenvalue weighted by atomic mass is 10.0. The van der Waals surface area contributed by atoms with Crippen LogP contribution >= 0.6 is 22.7 Å². The second-order valence-electron chi connectivity index (χ2n) is 6.72. The molecule has 1 atom stereocenters. The normalized spacial score (nSPS) is 12.7. The number of rotatable bonds is 8. The molecule has 1 unspecified atom stereocenters. The first-order valence-corrected chi connectivity index (χ1v) is 12.1. The molecule has 0 aliphatic rings. The van der Waals surface area contributed by atoms with Gasteiger partial charge in [-0.2, -0.15) is 0 Å². The third kappa shape index (κ3) is 5.21. The molecule has 8 heteroatoms. The Balaban J connectivity index is 1.61. The van der Waals surface area contributed by atoms with Gasteiger partial charge in [0.05, 0.1) is 12.5 Å². The van der Waals surface area contributed by atoms with E-state index in [2.05, 4.69) is 23.9 Å². The summed E-state index contributed by atoms with van der Waals surface area (Å²) < 4.78 is 27.3. The molecule has 28 heavy (non-hydrogen) atoms. The first-order valence-electron chi connectivity index (χ1n) is 8.83. The monoisotopic (exact) mass is 434 g/mol. The van der Waals surface area contributed by atoms with E-state index in [1.807, 2.05) is 17.5 Å². The average molecular weight is 435 g/mol. The molecule has 0 radical (unpaired) electrons. The van der Waals surface area contributed by atoms with Crippen molar-refractivity contribution in [1.82, 2.24) is 5.32 Å². The summed E-state index contributed by atoms with van der Waals surface area (Å²) >= 11 is 2.80. The Morgan fingerprint density at radius 2 is 1.68 bits per heavy atom. The van der Waals surface area contributed by atoms with Crippen LogP contribution in [0.3, 0.4) is 0 Å². The summed E-state index contributed by atoms with van der Waals surface area (Å²) in [4.78, 5) is 13.6. The first kappa shape index (κ1) is 20.6. The topological polar surface area (TPSA) is 75.3 Å². The Bertz CT molecular complexity index is 994. The van der Waals surface area contributed by atoms with Crippen LogP contribution in [0.5, 0.6) is 0 Å². The second-order valence-corrected chi connectivity index (χ2v) is 10.6. The minimum atomic E-state index is -3.57. The summed E-state index contributed by atoms with van der Waals surface area (Å²) in [6.45, 7) is 4.17. The SMILES string of the molecule is CC(C)C(NC(=O)Cc1ccc(NS(=O)(=O)c2cccs2)cc1)c1cccs1. The van der Waals surface area contributed by atoms with Crippen LogP contribution in [0.25, 0.3) is 0 Å². The Labute approximate surface area is 173 Å². The highest BCUT2D eigenvalue weighted by Gasteiger charge is 2.19. The maximum atomic E-state index is 12.5. The highest BCUT2D eigenvalue weighted by atomic mass is 32.2. The number of anilines is 1.